The molecule has 0 aromatic carbocycles. The summed E-state index contributed by atoms with van der Waals surface area (Å²) >= 11 is 0. The molecule has 3 N–H and O–H groups in total. The van der Waals surface area contributed by atoms with Gasteiger partial charge in [-0.25, -0.2) is 0 Å². The molecular weight excluding hydrogens is 150 g/mol. The van der Waals surface area contributed by atoms with E-state index in [9.17, 15) is 4.79 Å². The molecule has 0 amide bonds. The lowest BCUT2D eigenvalue weighted by Gasteiger charge is -2.10. The van der Waals surface area contributed by atoms with Crippen molar-refractivity contribution in [2.75, 3.05) is 18.3 Å². The molecule has 10 heavy (non-hydrogen) atoms. The molecule has 0 aliphatic heterocycles. The van der Waals surface area contributed by atoms with Gasteiger partial charge in [0, 0.05) is 0 Å². The summed E-state index contributed by atoms with van der Waals surface area (Å²) in [5, 5.41) is 8.38. The summed E-state index contributed by atoms with van der Waals surface area (Å²) in [5.41, 5.74) is 5.28. The molecule has 0 saturated heterocycles. The SMILES string of the molecule is C[SH](C)CCC(N)C(=O)O. The predicted molar refractivity (Wildman–Crippen MR) is 45.9 cm³/mol. The standard InChI is InChI=1S/C6H15NO2S/c1-10(2)4-3-5(7)6(8)9/h5,10H,3-4,7H2,1-2H3,(H,8,9). The predicted octanol–water partition coefficient (Wildman–Crippen LogP) is 0.0492. The quantitative estimate of drug-likeness (QED) is 0.516. The maximum absolute atomic E-state index is 10.2. The van der Waals surface area contributed by atoms with Crippen LogP contribution in [0.1, 0.15) is 6.42 Å². The fourth-order valence-corrected chi connectivity index (χ4v) is 1.32. The van der Waals surface area contributed by atoms with Crippen molar-refractivity contribution in [1.29, 1.82) is 0 Å². The first kappa shape index (κ1) is 9.78. The number of hydrogen-bond acceptors (Lipinski definition) is 2. The Morgan fingerprint density at radius 3 is 2.50 bits per heavy atom. The number of aliphatic carboxylic acids is 1. The van der Waals surface area contributed by atoms with Crippen molar-refractivity contribution in [1.82, 2.24) is 0 Å². The Morgan fingerprint density at radius 2 is 2.20 bits per heavy atom. The van der Waals surface area contributed by atoms with E-state index in [4.69, 9.17) is 10.8 Å². The molecule has 0 aliphatic carbocycles. The first-order valence-electron chi connectivity index (χ1n) is 3.17. The zero-order valence-corrected chi connectivity index (χ0v) is 7.27. The van der Waals surface area contributed by atoms with Crippen LogP contribution in [-0.2, 0) is 4.79 Å². The lowest BCUT2D eigenvalue weighted by molar-refractivity contribution is -0.138. The van der Waals surface area contributed by atoms with Crippen LogP contribution in [0.5, 0.6) is 0 Å². The highest BCUT2D eigenvalue weighted by Crippen LogP contribution is 2.14. The third kappa shape index (κ3) is 4.64. The number of nitrogens with two attached hydrogens (primary N) is 1. The van der Waals surface area contributed by atoms with Gasteiger partial charge >= 0.3 is 5.97 Å². The maximum Gasteiger partial charge on any atom is 0.320 e. The van der Waals surface area contributed by atoms with Gasteiger partial charge in [-0.3, -0.25) is 15.7 Å². The van der Waals surface area contributed by atoms with Crippen molar-refractivity contribution in [2.45, 2.75) is 12.5 Å². The normalized spacial score (nSPS) is 14.5. The van der Waals surface area contributed by atoms with E-state index in [0.29, 0.717) is 6.42 Å². The van der Waals surface area contributed by atoms with Gasteiger partial charge in [0.2, 0.25) is 0 Å². The molecule has 0 rings (SSSR count). The fraction of sp³-hybridized carbons (Fsp3) is 0.833. The monoisotopic (exact) mass is 165 g/mol. The molecule has 0 spiro atoms. The Hall–Kier alpha value is -0.220. The number of hydrogen-bond donors (Lipinski definition) is 3. The van der Waals surface area contributed by atoms with Crippen LogP contribution < -0.4 is 5.73 Å². The highest BCUT2D eigenvalue weighted by atomic mass is 32.2. The van der Waals surface area contributed by atoms with Crippen LogP contribution in [0.4, 0.5) is 0 Å². The zero-order chi connectivity index (χ0) is 8.15. The number of rotatable bonds is 4. The molecule has 1 unspecified atom stereocenters. The first-order valence-corrected chi connectivity index (χ1v) is 5.59. The van der Waals surface area contributed by atoms with Crippen LogP contribution in [0, 0.1) is 0 Å². The molecule has 3 nitrogen and oxygen atoms in total. The second-order valence-electron chi connectivity index (χ2n) is 2.54. The summed E-state index contributed by atoms with van der Waals surface area (Å²) in [6.07, 6.45) is 4.84. The molecule has 1 atom stereocenters. The van der Waals surface area contributed by atoms with Gasteiger partial charge in [0.1, 0.15) is 6.04 Å². The summed E-state index contributed by atoms with van der Waals surface area (Å²) in [6, 6.07) is -0.662. The average Bonchev–Trinajstić information content (AvgIpc) is 1.82. The molecule has 0 saturated carbocycles. The van der Waals surface area contributed by atoms with E-state index in [2.05, 4.69) is 12.5 Å². The molecule has 62 valence electrons. The summed E-state index contributed by atoms with van der Waals surface area (Å²) in [5.74, 6) is 0.0554. The Balaban J connectivity index is 3.40. The maximum atomic E-state index is 10.2. The average molecular weight is 165 g/mol. The van der Waals surface area contributed by atoms with Gasteiger partial charge in [0.25, 0.3) is 0 Å². The third-order valence-electron chi connectivity index (χ3n) is 1.20. The summed E-state index contributed by atoms with van der Waals surface area (Å²) < 4.78 is 0. The molecule has 0 radical (unpaired) electrons. The van der Waals surface area contributed by atoms with E-state index in [1.165, 1.54) is 0 Å². The van der Waals surface area contributed by atoms with Crippen molar-refractivity contribution in [3.63, 3.8) is 0 Å². The highest BCUT2D eigenvalue weighted by Gasteiger charge is 2.09. The second-order valence-corrected chi connectivity index (χ2v) is 5.14. The summed E-state index contributed by atoms with van der Waals surface area (Å²) in [6.45, 7) is 0. The lowest BCUT2D eigenvalue weighted by atomic mass is 10.2. The van der Waals surface area contributed by atoms with E-state index in [-0.39, 0.29) is 10.9 Å². The Bertz CT molecular complexity index is 116. The van der Waals surface area contributed by atoms with Gasteiger partial charge in [0.05, 0.1) is 0 Å². The van der Waals surface area contributed by atoms with Crippen LogP contribution in [0.25, 0.3) is 0 Å². The largest absolute Gasteiger partial charge is 0.480 e. The molecule has 0 bridgehead atoms. The minimum absolute atomic E-state index is 0.00108. The van der Waals surface area contributed by atoms with E-state index < -0.39 is 12.0 Å². The third-order valence-corrected chi connectivity index (χ3v) is 2.36. The number of carbonyl (C=O) groups is 1. The van der Waals surface area contributed by atoms with Crippen LogP contribution in [0.2, 0.25) is 0 Å². The van der Waals surface area contributed by atoms with Crippen LogP contribution in [0.3, 0.4) is 0 Å². The molecule has 0 aromatic heterocycles. The topological polar surface area (TPSA) is 63.3 Å². The highest BCUT2D eigenvalue weighted by molar-refractivity contribution is 8.15. The van der Waals surface area contributed by atoms with Crippen molar-refractivity contribution in [3.8, 4) is 0 Å². The summed E-state index contributed by atoms with van der Waals surface area (Å²) in [7, 11) is -0.00108. The van der Waals surface area contributed by atoms with Crippen LogP contribution in [-0.4, -0.2) is 35.4 Å². The second kappa shape index (κ2) is 4.57. The Morgan fingerprint density at radius 1 is 1.70 bits per heavy atom. The number of carboxylic acid groups (broad SMARTS) is 1. The van der Waals surface area contributed by atoms with Gasteiger partial charge in [-0.2, -0.15) is 0 Å². The molecule has 0 fully saturated rings. The van der Waals surface area contributed by atoms with Gasteiger partial charge in [0.15, 0.2) is 0 Å². The van der Waals surface area contributed by atoms with E-state index in [0.717, 1.165) is 5.75 Å². The Kier molecular flexibility index (Phi) is 4.47. The van der Waals surface area contributed by atoms with Gasteiger partial charge in [-0.1, -0.05) is 0 Å². The molecule has 4 heteroatoms. The molecule has 0 aliphatic rings. The minimum atomic E-state index is -0.892. The van der Waals surface area contributed by atoms with Gasteiger partial charge < -0.3 is 10.8 Å². The van der Waals surface area contributed by atoms with Crippen LogP contribution >= 0.6 is 10.9 Å². The smallest absolute Gasteiger partial charge is 0.320 e. The van der Waals surface area contributed by atoms with Crippen molar-refractivity contribution < 1.29 is 9.90 Å². The molecular formula is C6H15NO2S. The molecule has 0 aromatic rings. The number of carboxylic acids is 1. The lowest BCUT2D eigenvalue weighted by Crippen LogP contribution is -2.30. The van der Waals surface area contributed by atoms with Crippen molar-refractivity contribution in [2.24, 2.45) is 5.73 Å². The fourth-order valence-electron chi connectivity index (χ4n) is 0.521. The van der Waals surface area contributed by atoms with Crippen molar-refractivity contribution >= 4 is 16.9 Å². The Labute approximate surface area is 64.0 Å². The van der Waals surface area contributed by atoms with Gasteiger partial charge in [-0.05, 0) is 24.7 Å². The van der Waals surface area contributed by atoms with Crippen molar-refractivity contribution in [3.05, 3.63) is 0 Å². The zero-order valence-electron chi connectivity index (χ0n) is 6.37. The van der Waals surface area contributed by atoms with E-state index >= 15 is 0 Å². The summed E-state index contributed by atoms with van der Waals surface area (Å²) in [4.78, 5) is 10.2. The first-order chi connectivity index (χ1) is 4.54. The van der Waals surface area contributed by atoms with E-state index in [1.807, 2.05) is 0 Å². The molecule has 0 heterocycles. The van der Waals surface area contributed by atoms with E-state index in [1.54, 1.807) is 0 Å². The minimum Gasteiger partial charge on any atom is -0.480 e. The van der Waals surface area contributed by atoms with Gasteiger partial charge in [-0.15, -0.1) is 0 Å². The van der Waals surface area contributed by atoms with Crippen LogP contribution in [0.15, 0.2) is 0 Å². The number of thiol groups is 1.